The van der Waals surface area contributed by atoms with E-state index in [1.807, 2.05) is 0 Å². The van der Waals surface area contributed by atoms with Crippen molar-refractivity contribution in [2.45, 2.75) is 24.1 Å². The lowest BCUT2D eigenvalue weighted by Gasteiger charge is -2.34. The largest absolute Gasteiger partial charge is 0.360 e. The first kappa shape index (κ1) is 23.1. The van der Waals surface area contributed by atoms with E-state index in [0.717, 1.165) is 4.31 Å². The number of ether oxygens (including phenoxy) is 1. The van der Waals surface area contributed by atoms with Crippen molar-refractivity contribution in [1.82, 2.24) is 14.9 Å². The van der Waals surface area contributed by atoms with E-state index in [1.165, 1.54) is 42.5 Å². The molecule has 0 radical (unpaired) electrons. The summed E-state index contributed by atoms with van der Waals surface area (Å²) in [5.74, 6) is -2.44. The van der Waals surface area contributed by atoms with E-state index in [4.69, 9.17) is 16.3 Å². The number of carbonyl (C=O) groups excluding carboxylic acids is 2. The third-order valence-corrected chi connectivity index (χ3v) is 6.77. The Bertz CT molecular complexity index is 1050. The van der Waals surface area contributed by atoms with Gasteiger partial charge in [-0.3, -0.25) is 9.59 Å². The molecule has 1 saturated heterocycles. The van der Waals surface area contributed by atoms with E-state index >= 15 is 0 Å². The average Bonchev–Trinajstić information content (AvgIpc) is 2.77. The number of sulfonamides is 1. The summed E-state index contributed by atoms with van der Waals surface area (Å²) in [5.41, 5.74) is 0.236. The number of halogens is 2. The second-order valence-corrected chi connectivity index (χ2v) is 9.06. The molecule has 1 aliphatic heterocycles. The van der Waals surface area contributed by atoms with Gasteiger partial charge >= 0.3 is 11.8 Å². The van der Waals surface area contributed by atoms with E-state index in [0.29, 0.717) is 18.1 Å². The lowest BCUT2D eigenvalue weighted by molar-refractivity contribution is -0.140. The standard InChI is InChI=1S/C20H21ClFN3O5S/c21-15-6-8-16(9-7-15)31(28,29)25-10-3-11-30-18(25)13-24-20(27)19(26)23-12-14-4-1-2-5-17(14)22/h1-2,4-9,18H,3,10-13H2,(H,23,26)(H,24,27)/t18-/m1/s1. The maximum absolute atomic E-state index is 13.6. The zero-order valence-corrected chi connectivity index (χ0v) is 18.0. The van der Waals surface area contributed by atoms with E-state index in [2.05, 4.69) is 10.6 Å². The van der Waals surface area contributed by atoms with E-state index in [-0.39, 0.29) is 30.1 Å². The monoisotopic (exact) mass is 469 g/mol. The van der Waals surface area contributed by atoms with Gasteiger partial charge in [-0.2, -0.15) is 4.31 Å². The zero-order valence-electron chi connectivity index (χ0n) is 16.4. The highest BCUT2D eigenvalue weighted by atomic mass is 35.5. The van der Waals surface area contributed by atoms with Crippen molar-refractivity contribution in [3.63, 3.8) is 0 Å². The summed E-state index contributed by atoms with van der Waals surface area (Å²) in [6.07, 6.45) is -0.488. The first-order valence-electron chi connectivity index (χ1n) is 9.47. The molecule has 1 aliphatic rings. The van der Waals surface area contributed by atoms with Crippen molar-refractivity contribution in [1.29, 1.82) is 0 Å². The van der Waals surface area contributed by atoms with Crippen LogP contribution in [0.15, 0.2) is 53.4 Å². The van der Waals surface area contributed by atoms with Gasteiger partial charge in [0.15, 0.2) is 0 Å². The minimum atomic E-state index is -3.89. The van der Waals surface area contributed by atoms with Gasteiger partial charge in [-0.1, -0.05) is 29.8 Å². The Morgan fingerprint density at radius 2 is 1.77 bits per heavy atom. The summed E-state index contributed by atoms with van der Waals surface area (Å²) in [6, 6.07) is 11.6. The molecule has 1 atom stereocenters. The Morgan fingerprint density at radius 3 is 2.48 bits per heavy atom. The second-order valence-electron chi connectivity index (χ2n) is 6.73. The van der Waals surface area contributed by atoms with Gasteiger partial charge in [-0.05, 0) is 36.8 Å². The predicted molar refractivity (Wildman–Crippen MR) is 111 cm³/mol. The van der Waals surface area contributed by atoms with Gasteiger partial charge in [-0.15, -0.1) is 0 Å². The average molecular weight is 470 g/mol. The minimum Gasteiger partial charge on any atom is -0.360 e. The molecule has 1 fully saturated rings. The van der Waals surface area contributed by atoms with Crippen LogP contribution in [0.25, 0.3) is 0 Å². The van der Waals surface area contributed by atoms with Crippen LogP contribution in [0, 0.1) is 5.82 Å². The van der Waals surface area contributed by atoms with Crippen LogP contribution in [0.3, 0.4) is 0 Å². The van der Waals surface area contributed by atoms with Crippen molar-refractivity contribution in [2.75, 3.05) is 19.7 Å². The molecule has 1 heterocycles. The van der Waals surface area contributed by atoms with Crippen molar-refractivity contribution in [3.05, 3.63) is 64.9 Å². The number of amides is 2. The molecule has 2 N–H and O–H groups in total. The molecule has 11 heteroatoms. The summed E-state index contributed by atoms with van der Waals surface area (Å²) in [7, 11) is -3.89. The Hall–Kier alpha value is -2.53. The molecular weight excluding hydrogens is 449 g/mol. The fourth-order valence-electron chi connectivity index (χ4n) is 3.00. The molecular formula is C20H21ClFN3O5S. The van der Waals surface area contributed by atoms with E-state index < -0.39 is 33.9 Å². The highest BCUT2D eigenvalue weighted by Gasteiger charge is 2.34. The molecule has 166 valence electrons. The van der Waals surface area contributed by atoms with Crippen LogP contribution in [-0.4, -0.2) is 50.5 Å². The lowest BCUT2D eigenvalue weighted by Crippen LogP contribution is -2.53. The SMILES string of the molecule is O=C(NCc1ccccc1F)C(=O)NC[C@H]1OCCCN1S(=O)(=O)c1ccc(Cl)cc1. The summed E-state index contributed by atoms with van der Waals surface area (Å²) in [6.45, 7) is 0.131. The molecule has 0 aliphatic carbocycles. The molecule has 0 unspecified atom stereocenters. The maximum atomic E-state index is 13.6. The summed E-state index contributed by atoms with van der Waals surface area (Å²) < 4.78 is 46.2. The van der Waals surface area contributed by atoms with Gasteiger partial charge in [0.05, 0.1) is 18.0 Å². The van der Waals surface area contributed by atoms with Crippen LogP contribution in [0.4, 0.5) is 4.39 Å². The molecule has 0 bridgehead atoms. The smallest absolute Gasteiger partial charge is 0.309 e. The quantitative estimate of drug-likeness (QED) is 0.626. The Labute approximate surface area is 184 Å². The van der Waals surface area contributed by atoms with Crippen molar-refractivity contribution in [2.24, 2.45) is 0 Å². The highest BCUT2D eigenvalue weighted by Crippen LogP contribution is 2.23. The van der Waals surface area contributed by atoms with Gasteiger partial charge in [0.25, 0.3) is 0 Å². The van der Waals surface area contributed by atoms with Crippen molar-refractivity contribution in [3.8, 4) is 0 Å². The minimum absolute atomic E-state index is 0.0429. The third-order valence-electron chi connectivity index (χ3n) is 4.62. The molecule has 0 saturated carbocycles. The number of rotatable bonds is 6. The number of carbonyl (C=O) groups is 2. The normalized spacial score (nSPS) is 17.2. The molecule has 8 nitrogen and oxygen atoms in total. The van der Waals surface area contributed by atoms with Crippen LogP contribution in [0.2, 0.25) is 5.02 Å². The Kier molecular flexibility index (Phi) is 7.60. The fourth-order valence-corrected chi connectivity index (χ4v) is 4.69. The van der Waals surface area contributed by atoms with Gasteiger partial charge < -0.3 is 15.4 Å². The predicted octanol–water partition coefficient (Wildman–Crippen LogP) is 1.65. The van der Waals surface area contributed by atoms with Crippen molar-refractivity contribution >= 4 is 33.4 Å². The molecule has 2 amide bonds. The van der Waals surface area contributed by atoms with Gasteiger partial charge in [0.1, 0.15) is 12.0 Å². The number of hydrogen-bond donors (Lipinski definition) is 2. The number of nitrogens with zero attached hydrogens (tertiary/aromatic N) is 1. The molecule has 31 heavy (non-hydrogen) atoms. The topological polar surface area (TPSA) is 105 Å². The Balaban J connectivity index is 1.59. The van der Waals surface area contributed by atoms with Gasteiger partial charge in [0.2, 0.25) is 10.0 Å². The Morgan fingerprint density at radius 1 is 1.10 bits per heavy atom. The van der Waals surface area contributed by atoms with Crippen molar-refractivity contribution < 1.29 is 27.1 Å². The number of benzene rings is 2. The van der Waals surface area contributed by atoms with Crippen LogP contribution in [0.1, 0.15) is 12.0 Å². The van der Waals surface area contributed by atoms with Crippen LogP contribution >= 0.6 is 11.6 Å². The molecule has 0 aromatic heterocycles. The second kappa shape index (κ2) is 10.2. The molecule has 0 spiro atoms. The van der Waals surface area contributed by atoms with Gasteiger partial charge in [-0.25, -0.2) is 12.8 Å². The van der Waals surface area contributed by atoms with Crippen LogP contribution in [0.5, 0.6) is 0 Å². The first-order valence-corrected chi connectivity index (χ1v) is 11.3. The van der Waals surface area contributed by atoms with E-state index in [1.54, 1.807) is 6.07 Å². The van der Waals surface area contributed by atoms with Gasteiger partial charge in [0, 0.05) is 23.7 Å². The molecule has 2 aromatic rings. The number of nitrogens with one attached hydrogen (secondary N) is 2. The summed E-state index contributed by atoms with van der Waals surface area (Å²) >= 11 is 5.82. The number of hydrogen-bond acceptors (Lipinski definition) is 5. The first-order chi connectivity index (χ1) is 14.8. The lowest BCUT2D eigenvalue weighted by atomic mass is 10.2. The fraction of sp³-hybridized carbons (Fsp3) is 0.300. The highest BCUT2D eigenvalue weighted by molar-refractivity contribution is 7.89. The molecule has 2 aromatic carbocycles. The maximum Gasteiger partial charge on any atom is 0.309 e. The summed E-state index contributed by atoms with van der Waals surface area (Å²) in [4.78, 5) is 24.1. The van der Waals surface area contributed by atoms with Crippen LogP contribution < -0.4 is 10.6 Å². The van der Waals surface area contributed by atoms with E-state index in [9.17, 15) is 22.4 Å². The zero-order chi connectivity index (χ0) is 22.4. The third kappa shape index (κ3) is 5.79. The molecule has 3 rings (SSSR count). The summed E-state index contributed by atoms with van der Waals surface area (Å²) in [5, 5.41) is 5.09. The van der Waals surface area contributed by atoms with Crippen LogP contribution in [-0.2, 0) is 30.9 Å².